The summed E-state index contributed by atoms with van der Waals surface area (Å²) in [6.07, 6.45) is 4.62. The van der Waals surface area contributed by atoms with Gasteiger partial charge in [0.1, 0.15) is 6.10 Å². The Morgan fingerprint density at radius 1 is 1.24 bits per heavy atom. The molecule has 3 atom stereocenters. The van der Waals surface area contributed by atoms with Crippen LogP contribution < -0.4 is 0 Å². The minimum absolute atomic E-state index is 0.0726. The van der Waals surface area contributed by atoms with Crippen molar-refractivity contribution in [1.29, 1.82) is 0 Å². The Labute approximate surface area is 103 Å². The van der Waals surface area contributed by atoms with E-state index in [1.54, 1.807) is 11.1 Å². The number of fused-ring (bicyclic) bond motifs is 2. The highest BCUT2D eigenvalue weighted by molar-refractivity contribution is 5.91. The molecule has 1 heterocycles. The van der Waals surface area contributed by atoms with E-state index in [1.165, 1.54) is 18.4 Å². The molecule has 0 aromatic rings. The van der Waals surface area contributed by atoms with Crippen molar-refractivity contribution in [2.24, 2.45) is 11.8 Å². The summed E-state index contributed by atoms with van der Waals surface area (Å²) in [6.45, 7) is 6.50. The molecule has 0 aromatic heterocycles. The molecule has 3 aliphatic rings. The summed E-state index contributed by atoms with van der Waals surface area (Å²) in [5, 5.41) is 0. The lowest BCUT2D eigenvalue weighted by Crippen LogP contribution is -2.16. The minimum atomic E-state index is -0.0908. The number of carbonyl (C=O) groups excluding carboxylic acids is 1. The molecule has 0 aromatic carbocycles. The number of hydrogen-bond donors (Lipinski definition) is 0. The zero-order valence-corrected chi connectivity index (χ0v) is 10.9. The molecule has 0 N–H and O–H groups in total. The number of ether oxygens (including phenoxy) is 1. The third kappa shape index (κ3) is 1.57. The molecule has 2 aliphatic carbocycles. The van der Waals surface area contributed by atoms with Crippen LogP contribution in [-0.4, -0.2) is 12.1 Å². The van der Waals surface area contributed by atoms with E-state index in [1.807, 2.05) is 6.92 Å². The van der Waals surface area contributed by atoms with Crippen LogP contribution in [0.1, 0.15) is 46.5 Å². The van der Waals surface area contributed by atoms with Gasteiger partial charge < -0.3 is 4.74 Å². The van der Waals surface area contributed by atoms with Crippen molar-refractivity contribution in [2.75, 3.05) is 0 Å². The van der Waals surface area contributed by atoms with Crippen LogP contribution in [-0.2, 0) is 9.53 Å². The van der Waals surface area contributed by atoms with Gasteiger partial charge >= 0.3 is 5.97 Å². The third-order valence-electron chi connectivity index (χ3n) is 4.91. The van der Waals surface area contributed by atoms with Crippen molar-refractivity contribution < 1.29 is 9.53 Å². The predicted molar refractivity (Wildman–Crippen MR) is 66.4 cm³/mol. The van der Waals surface area contributed by atoms with Gasteiger partial charge in [-0.15, -0.1) is 0 Å². The molecule has 0 spiro atoms. The molecule has 0 bridgehead atoms. The lowest BCUT2D eigenvalue weighted by Gasteiger charge is -2.20. The highest BCUT2D eigenvalue weighted by Crippen LogP contribution is 2.47. The predicted octanol–water partition coefficient (Wildman–Crippen LogP) is 3.38. The Morgan fingerprint density at radius 2 is 2.00 bits per heavy atom. The first-order chi connectivity index (χ1) is 8.08. The second kappa shape index (κ2) is 3.72. The quantitative estimate of drug-likeness (QED) is 0.472. The summed E-state index contributed by atoms with van der Waals surface area (Å²) >= 11 is 0. The van der Waals surface area contributed by atoms with Crippen LogP contribution in [0.5, 0.6) is 0 Å². The maximum atomic E-state index is 11.6. The van der Waals surface area contributed by atoms with Gasteiger partial charge in [0.2, 0.25) is 0 Å². The van der Waals surface area contributed by atoms with Crippen molar-refractivity contribution in [2.45, 2.75) is 52.6 Å². The van der Waals surface area contributed by atoms with E-state index in [9.17, 15) is 4.79 Å². The third-order valence-corrected chi connectivity index (χ3v) is 4.91. The number of esters is 1. The van der Waals surface area contributed by atoms with E-state index < -0.39 is 0 Å². The fourth-order valence-electron chi connectivity index (χ4n) is 3.74. The van der Waals surface area contributed by atoms with Crippen LogP contribution in [0.4, 0.5) is 0 Å². The van der Waals surface area contributed by atoms with Crippen molar-refractivity contribution in [3.05, 3.63) is 22.3 Å². The Morgan fingerprint density at radius 3 is 2.76 bits per heavy atom. The van der Waals surface area contributed by atoms with Gasteiger partial charge in [-0.1, -0.05) is 18.1 Å². The molecule has 3 rings (SSSR count). The van der Waals surface area contributed by atoms with E-state index in [4.69, 9.17) is 4.74 Å². The monoisotopic (exact) mass is 232 g/mol. The van der Waals surface area contributed by atoms with Crippen molar-refractivity contribution in [3.8, 4) is 0 Å². The Kier molecular flexibility index (Phi) is 2.42. The summed E-state index contributed by atoms with van der Waals surface area (Å²) in [6, 6.07) is 0. The molecule has 2 nitrogen and oxygen atoms in total. The number of rotatable bonds is 0. The number of allylic oxidation sites excluding steroid dienone is 2. The molecule has 2 heteroatoms. The van der Waals surface area contributed by atoms with E-state index in [0.717, 1.165) is 24.3 Å². The van der Waals surface area contributed by atoms with Gasteiger partial charge in [0.25, 0.3) is 0 Å². The first-order valence-corrected chi connectivity index (χ1v) is 6.67. The van der Waals surface area contributed by atoms with Gasteiger partial charge in [-0.25, -0.2) is 4.79 Å². The normalized spacial score (nSPS) is 36.9. The minimum Gasteiger partial charge on any atom is -0.454 e. The second-order valence-corrected chi connectivity index (χ2v) is 5.88. The fraction of sp³-hybridized carbons (Fsp3) is 0.667. The van der Waals surface area contributed by atoms with Gasteiger partial charge in [0.05, 0.1) is 0 Å². The molecule has 0 unspecified atom stereocenters. The number of carbonyl (C=O) groups is 1. The van der Waals surface area contributed by atoms with Gasteiger partial charge in [-0.3, -0.25) is 0 Å². The van der Waals surface area contributed by atoms with Crippen molar-refractivity contribution in [1.82, 2.24) is 0 Å². The molecule has 0 saturated heterocycles. The zero-order valence-electron chi connectivity index (χ0n) is 10.9. The fourth-order valence-corrected chi connectivity index (χ4v) is 3.74. The van der Waals surface area contributed by atoms with Crippen molar-refractivity contribution in [3.63, 3.8) is 0 Å². The summed E-state index contributed by atoms with van der Waals surface area (Å²) in [5.41, 5.74) is 5.30. The van der Waals surface area contributed by atoms with Crippen LogP contribution in [0.3, 0.4) is 0 Å². The Bertz CT molecular complexity index is 442. The first-order valence-electron chi connectivity index (χ1n) is 6.67. The summed E-state index contributed by atoms with van der Waals surface area (Å²) in [4.78, 5) is 11.6. The summed E-state index contributed by atoms with van der Waals surface area (Å²) < 4.78 is 5.49. The molecule has 17 heavy (non-hydrogen) atoms. The molecule has 0 amide bonds. The highest BCUT2D eigenvalue weighted by atomic mass is 16.5. The van der Waals surface area contributed by atoms with Gasteiger partial charge in [-0.2, -0.15) is 0 Å². The summed E-state index contributed by atoms with van der Waals surface area (Å²) in [5.74, 6) is 1.29. The zero-order chi connectivity index (χ0) is 12.2. The standard InChI is InChI=1S/C15H20O2/c1-8-4-5-11-9(2)6-14-13(7-12(8)11)10(3)15(16)17-14/h9,11,14H,4-7H2,1-3H3/t9-,11+,14+/m1/s1. The Balaban J connectivity index is 2.03. The average Bonchev–Trinajstić information content (AvgIpc) is 2.71. The molecular formula is C15H20O2. The summed E-state index contributed by atoms with van der Waals surface area (Å²) in [7, 11) is 0. The lowest BCUT2D eigenvalue weighted by molar-refractivity contribution is -0.140. The van der Waals surface area contributed by atoms with Crippen LogP contribution >= 0.6 is 0 Å². The molecule has 1 saturated carbocycles. The van der Waals surface area contributed by atoms with E-state index in [0.29, 0.717) is 5.92 Å². The van der Waals surface area contributed by atoms with Gasteiger partial charge in [0, 0.05) is 5.57 Å². The van der Waals surface area contributed by atoms with E-state index >= 15 is 0 Å². The van der Waals surface area contributed by atoms with Crippen LogP contribution in [0, 0.1) is 11.8 Å². The topological polar surface area (TPSA) is 26.3 Å². The van der Waals surface area contributed by atoms with E-state index in [2.05, 4.69) is 13.8 Å². The maximum absolute atomic E-state index is 11.6. The molecule has 0 radical (unpaired) electrons. The van der Waals surface area contributed by atoms with Crippen LogP contribution in [0.25, 0.3) is 0 Å². The highest BCUT2D eigenvalue weighted by Gasteiger charge is 2.40. The smallest absolute Gasteiger partial charge is 0.334 e. The van der Waals surface area contributed by atoms with E-state index in [-0.39, 0.29) is 12.1 Å². The first kappa shape index (κ1) is 11.1. The maximum Gasteiger partial charge on any atom is 0.334 e. The lowest BCUT2D eigenvalue weighted by atomic mass is 9.86. The molecule has 1 fully saturated rings. The van der Waals surface area contributed by atoms with Gasteiger partial charge in [-0.05, 0) is 56.9 Å². The van der Waals surface area contributed by atoms with Crippen molar-refractivity contribution >= 4 is 5.97 Å². The average molecular weight is 232 g/mol. The van der Waals surface area contributed by atoms with Crippen LogP contribution in [0.2, 0.25) is 0 Å². The second-order valence-electron chi connectivity index (χ2n) is 5.88. The van der Waals surface area contributed by atoms with Crippen LogP contribution in [0.15, 0.2) is 22.3 Å². The molecule has 1 aliphatic heterocycles. The largest absolute Gasteiger partial charge is 0.454 e. The SMILES string of the molecule is CC1=C2CC3=C(C)C(=O)O[C@H]3C[C@@H](C)[C@@H]2CC1. The molecular weight excluding hydrogens is 212 g/mol. The molecule has 92 valence electrons. The Hall–Kier alpha value is -1.05. The number of hydrogen-bond acceptors (Lipinski definition) is 2. The van der Waals surface area contributed by atoms with Gasteiger partial charge in [0.15, 0.2) is 0 Å².